The lowest BCUT2D eigenvalue weighted by molar-refractivity contribution is -0.124. The molecule has 174 valence electrons. The molecule has 3 rings (SSSR count). The molecule has 0 spiro atoms. The van der Waals surface area contributed by atoms with Gasteiger partial charge < -0.3 is 15.9 Å². The number of hydrogen-bond acceptors (Lipinski definition) is 3. The van der Waals surface area contributed by atoms with Crippen LogP contribution >= 0.6 is 0 Å². The second-order valence-electron chi connectivity index (χ2n) is 11.5. The van der Waals surface area contributed by atoms with Gasteiger partial charge in [-0.15, -0.1) is 0 Å². The molecule has 0 aliphatic heterocycles. The maximum Gasteiger partial charge on any atom is 0.233 e. The summed E-state index contributed by atoms with van der Waals surface area (Å²) in [6.45, 7) is 12.6. The third kappa shape index (κ3) is 4.24. The predicted octanol–water partition coefficient (Wildman–Crippen LogP) is 6.04. The Hall–Kier alpha value is -2.49. The number of benzene rings is 2. The number of phenolic OH excluding ortho intramolecular Hbond substituents is 2. The van der Waals surface area contributed by atoms with Gasteiger partial charge in [-0.3, -0.25) is 4.79 Å². The summed E-state index contributed by atoms with van der Waals surface area (Å²) in [7, 11) is 0. The third-order valence-electron chi connectivity index (χ3n) is 7.18. The molecule has 1 aliphatic rings. The number of phenols is 2. The Morgan fingerprint density at radius 3 is 1.53 bits per heavy atom. The third-order valence-corrected chi connectivity index (χ3v) is 7.18. The van der Waals surface area contributed by atoms with Crippen molar-refractivity contribution in [3.05, 3.63) is 58.7 Å². The van der Waals surface area contributed by atoms with Crippen LogP contribution in [0, 0.1) is 5.92 Å². The molecule has 0 saturated heterocycles. The number of hydrogen-bond donors (Lipinski definition) is 3. The van der Waals surface area contributed by atoms with Crippen molar-refractivity contribution in [1.29, 1.82) is 0 Å². The number of carbonyl (C=O) groups is 1. The zero-order valence-corrected chi connectivity index (χ0v) is 20.5. The van der Waals surface area contributed by atoms with E-state index in [0.29, 0.717) is 11.1 Å². The van der Waals surface area contributed by atoms with Gasteiger partial charge in [0.25, 0.3) is 0 Å². The molecule has 4 heteroatoms. The molecule has 0 atom stereocenters. The number of rotatable bonds is 4. The summed E-state index contributed by atoms with van der Waals surface area (Å²) in [6.07, 6.45) is 4.76. The molecule has 0 heterocycles. The maximum absolute atomic E-state index is 13.5. The van der Waals surface area contributed by atoms with Crippen molar-refractivity contribution in [3.8, 4) is 11.5 Å². The minimum atomic E-state index is -1.31. The van der Waals surface area contributed by atoms with Crippen molar-refractivity contribution in [2.75, 3.05) is 0 Å². The molecule has 2 aromatic rings. The Labute approximate surface area is 192 Å². The highest BCUT2D eigenvalue weighted by Crippen LogP contribution is 2.52. The first-order valence-corrected chi connectivity index (χ1v) is 11.8. The molecule has 1 saturated carbocycles. The van der Waals surface area contributed by atoms with Crippen LogP contribution < -0.4 is 5.73 Å². The van der Waals surface area contributed by atoms with E-state index >= 15 is 0 Å². The number of carbonyl (C=O) groups excluding carboxylic acids is 1. The zero-order valence-electron chi connectivity index (χ0n) is 20.5. The average molecular weight is 438 g/mol. The molecule has 4 N–H and O–H groups in total. The highest BCUT2D eigenvalue weighted by atomic mass is 16.3. The summed E-state index contributed by atoms with van der Waals surface area (Å²) >= 11 is 0. The zero-order chi connectivity index (χ0) is 23.9. The fraction of sp³-hybridized carbons (Fsp3) is 0.536. The first kappa shape index (κ1) is 24.2. The maximum atomic E-state index is 13.5. The first-order chi connectivity index (χ1) is 14.8. The molecule has 1 amide bonds. The molecular weight excluding hydrogens is 398 g/mol. The van der Waals surface area contributed by atoms with Crippen LogP contribution in [0.1, 0.15) is 95.9 Å². The molecule has 4 nitrogen and oxygen atoms in total. The van der Waals surface area contributed by atoms with Crippen molar-refractivity contribution >= 4 is 5.91 Å². The van der Waals surface area contributed by atoms with Crippen LogP contribution in [0.15, 0.2) is 36.4 Å². The Balaban J connectivity index is 2.43. The van der Waals surface area contributed by atoms with Gasteiger partial charge in [0.15, 0.2) is 0 Å². The molecule has 0 bridgehead atoms. The minimum Gasteiger partial charge on any atom is -0.508 e. The van der Waals surface area contributed by atoms with Gasteiger partial charge in [-0.2, -0.15) is 0 Å². The summed E-state index contributed by atoms with van der Waals surface area (Å²) in [5.74, 6) is -0.533. The molecule has 2 aromatic carbocycles. The molecular formula is C28H39NO3. The van der Waals surface area contributed by atoms with Crippen LogP contribution in [0.4, 0.5) is 0 Å². The van der Waals surface area contributed by atoms with Crippen LogP contribution in [0.2, 0.25) is 0 Å². The lowest BCUT2D eigenvalue weighted by Crippen LogP contribution is -2.49. The van der Waals surface area contributed by atoms with Crippen LogP contribution in [-0.2, 0) is 21.0 Å². The number of amides is 1. The van der Waals surface area contributed by atoms with E-state index in [4.69, 9.17) is 5.73 Å². The van der Waals surface area contributed by atoms with E-state index in [9.17, 15) is 15.0 Å². The molecule has 0 aromatic heterocycles. The quantitative estimate of drug-likeness (QED) is 0.545. The van der Waals surface area contributed by atoms with E-state index in [1.54, 1.807) is 12.1 Å². The minimum absolute atomic E-state index is 0.0444. The van der Waals surface area contributed by atoms with Crippen LogP contribution in [0.3, 0.4) is 0 Å². The lowest BCUT2D eigenvalue weighted by Gasteiger charge is -2.42. The van der Waals surface area contributed by atoms with E-state index in [1.165, 1.54) is 0 Å². The van der Waals surface area contributed by atoms with E-state index in [0.717, 1.165) is 43.2 Å². The highest BCUT2D eigenvalue weighted by molar-refractivity contribution is 5.93. The first-order valence-electron chi connectivity index (χ1n) is 11.8. The van der Waals surface area contributed by atoms with Gasteiger partial charge in [0, 0.05) is 11.1 Å². The van der Waals surface area contributed by atoms with Gasteiger partial charge in [0.1, 0.15) is 16.9 Å². The number of primary amides is 1. The van der Waals surface area contributed by atoms with Gasteiger partial charge in [0.2, 0.25) is 5.91 Å². The van der Waals surface area contributed by atoms with Gasteiger partial charge >= 0.3 is 0 Å². The number of aromatic hydroxyl groups is 2. The fourth-order valence-electron chi connectivity index (χ4n) is 5.22. The Morgan fingerprint density at radius 1 is 0.781 bits per heavy atom. The van der Waals surface area contributed by atoms with Crippen LogP contribution in [0.25, 0.3) is 0 Å². The van der Waals surface area contributed by atoms with Gasteiger partial charge in [-0.25, -0.2) is 0 Å². The lowest BCUT2D eigenvalue weighted by atomic mass is 9.59. The Kier molecular flexibility index (Phi) is 6.38. The summed E-state index contributed by atoms with van der Waals surface area (Å²) < 4.78 is 0. The molecule has 0 radical (unpaired) electrons. The van der Waals surface area contributed by atoms with Crippen LogP contribution in [0.5, 0.6) is 11.5 Å². The van der Waals surface area contributed by atoms with E-state index < -0.39 is 11.3 Å². The van der Waals surface area contributed by atoms with E-state index in [1.807, 2.05) is 24.3 Å². The van der Waals surface area contributed by atoms with Crippen molar-refractivity contribution in [2.24, 2.45) is 11.7 Å². The fourth-order valence-corrected chi connectivity index (χ4v) is 5.22. The molecule has 1 fully saturated rings. The number of nitrogens with two attached hydrogens (primary N) is 1. The van der Waals surface area contributed by atoms with Crippen LogP contribution in [-0.4, -0.2) is 16.1 Å². The summed E-state index contributed by atoms with van der Waals surface area (Å²) in [4.78, 5) is 13.5. The van der Waals surface area contributed by atoms with Gasteiger partial charge in [-0.1, -0.05) is 85.1 Å². The SMILES string of the molecule is CC(C)(C)c1ccc(O)c(C(C(N)=O)(c2cc(C(C)(C)C)ccc2O)C2CCCCC2)c1. The largest absolute Gasteiger partial charge is 0.508 e. The molecule has 0 unspecified atom stereocenters. The standard InChI is InChI=1S/C28H39NO3/c1-26(2,3)19-12-14-23(30)21(16-19)28(25(29)32,18-10-8-7-9-11-18)22-17-20(27(4,5)6)13-15-24(22)31/h12-18,30-31H,7-11H2,1-6H3,(H2,29,32). The molecule has 1 aliphatic carbocycles. The Morgan fingerprint density at radius 2 is 1.19 bits per heavy atom. The smallest absolute Gasteiger partial charge is 0.233 e. The van der Waals surface area contributed by atoms with E-state index in [-0.39, 0.29) is 28.2 Å². The van der Waals surface area contributed by atoms with Gasteiger partial charge in [-0.05, 0) is 52.8 Å². The Bertz CT molecular complexity index is 925. The van der Waals surface area contributed by atoms with Crippen molar-refractivity contribution in [3.63, 3.8) is 0 Å². The summed E-state index contributed by atoms with van der Waals surface area (Å²) in [5.41, 5.74) is 7.64. The topological polar surface area (TPSA) is 83.5 Å². The normalized spacial score (nSPS) is 16.2. The highest BCUT2D eigenvalue weighted by Gasteiger charge is 2.51. The second-order valence-corrected chi connectivity index (χ2v) is 11.5. The van der Waals surface area contributed by atoms with Crippen molar-refractivity contribution < 1.29 is 15.0 Å². The second kappa shape index (κ2) is 8.46. The van der Waals surface area contributed by atoms with Crippen molar-refractivity contribution in [1.82, 2.24) is 0 Å². The monoisotopic (exact) mass is 437 g/mol. The summed E-state index contributed by atoms with van der Waals surface area (Å²) in [6, 6.07) is 11.0. The van der Waals surface area contributed by atoms with Gasteiger partial charge in [0.05, 0.1) is 0 Å². The molecule has 32 heavy (non-hydrogen) atoms. The van der Waals surface area contributed by atoms with Crippen molar-refractivity contribution in [2.45, 2.75) is 89.9 Å². The van der Waals surface area contributed by atoms with E-state index in [2.05, 4.69) is 41.5 Å². The predicted molar refractivity (Wildman–Crippen MR) is 130 cm³/mol. The summed E-state index contributed by atoms with van der Waals surface area (Å²) in [5, 5.41) is 22.2. The average Bonchev–Trinajstić information content (AvgIpc) is 2.70.